The summed E-state index contributed by atoms with van der Waals surface area (Å²) in [5, 5.41) is 0. The lowest BCUT2D eigenvalue weighted by atomic mass is 10.0. The van der Waals surface area contributed by atoms with Crippen molar-refractivity contribution in [2.45, 2.75) is 316 Å². The van der Waals surface area contributed by atoms with Crippen LogP contribution in [-0.4, -0.2) is 37.2 Å². The fourth-order valence-corrected chi connectivity index (χ4v) is 9.38. The summed E-state index contributed by atoms with van der Waals surface area (Å²) in [6.45, 7) is 6.36. The van der Waals surface area contributed by atoms with Crippen LogP contribution in [-0.2, 0) is 28.6 Å². The lowest BCUT2D eigenvalue weighted by Crippen LogP contribution is -2.30. The second kappa shape index (κ2) is 69.0. The standard InChI is InChI=1S/C76H126O6/c1-4-7-10-13-16-19-22-25-27-29-31-33-35-36-37-38-39-40-41-43-44-46-48-51-54-57-60-63-66-69-75(78)81-72-73(71-80-74(77)68-65-62-59-56-53-50-24-21-18-15-12-9-6-3)82-76(79)70-67-64-61-58-55-52-49-47-45-42-34-32-30-28-26-23-20-17-14-11-8-5-2/h7,9-10,12,16,18-19,21,25,27,31,33,36-37,39-40,43-44,50,53,59,62,73H,4-6,8,11,13-15,17,20,22-24,26,28-30,32,34-35,38,41-42,45-49,51-52,54-58,60-61,63-72H2,1-3H3/b10-7-,12-9-,19-16-,21-18-,27-25-,33-31-,37-36-,40-39-,44-43-,53-50-,62-59-. The summed E-state index contributed by atoms with van der Waals surface area (Å²) in [5.41, 5.74) is 0. The molecule has 0 aliphatic rings. The molecule has 0 aromatic rings. The monoisotopic (exact) mass is 1130 g/mol. The molecule has 0 spiro atoms. The molecule has 1 atom stereocenters. The fraction of sp³-hybridized carbons (Fsp3) is 0.671. The highest BCUT2D eigenvalue weighted by Crippen LogP contribution is 2.17. The van der Waals surface area contributed by atoms with E-state index >= 15 is 0 Å². The smallest absolute Gasteiger partial charge is 0.306 e. The van der Waals surface area contributed by atoms with E-state index in [0.717, 1.165) is 116 Å². The molecule has 0 amide bonds. The highest BCUT2D eigenvalue weighted by molar-refractivity contribution is 5.71. The number of hydrogen-bond donors (Lipinski definition) is 0. The molecule has 82 heavy (non-hydrogen) atoms. The third-order valence-electron chi connectivity index (χ3n) is 14.4. The lowest BCUT2D eigenvalue weighted by Gasteiger charge is -2.18. The van der Waals surface area contributed by atoms with E-state index < -0.39 is 6.10 Å². The van der Waals surface area contributed by atoms with Gasteiger partial charge in [0, 0.05) is 19.3 Å². The van der Waals surface area contributed by atoms with Gasteiger partial charge in [0.2, 0.25) is 0 Å². The molecule has 1 unspecified atom stereocenters. The van der Waals surface area contributed by atoms with Gasteiger partial charge in [-0.3, -0.25) is 14.4 Å². The van der Waals surface area contributed by atoms with Gasteiger partial charge in [-0.25, -0.2) is 0 Å². The van der Waals surface area contributed by atoms with E-state index in [1.165, 1.54) is 148 Å². The van der Waals surface area contributed by atoms with Gasteiger partial charge in [0.25, 0.3) is 0 Å². The summed E-state index contributed by atoms with van der Waals surface area (Å²) in [7, 11) is 0. The maximum atomic E-state index is 12.9. The first-order chi connectivity index (χ1) is 40.5. The van der Waals surface area contributed by atoms with Gasteiger partial charge in [0.05, 0.1) is 0 Å². The minimum atomic E-state index is -0.816. The van der Waals surface area contributed by atoms with Crippen molar-refractivity contribution in [3.05, 3.63) is 134 Å². The first kappa shape index (κ1) is 77.5. The molecule has 0 radical (unpaired) electrons. The number of carbonyl (C=O) groups is 3. The largest absolute Gasteiger partial charge is 0.462 e. The molecule has 0 bridgehead atoms. The van der Waals surface area contributed by atoms with Crippen molar-refractivity contribution in [3.8, 4) is 0 Å². The molecule has 0 rings (SSSR count). The molecule has 6 nitrogen and oxygen atoms in total. The zero-order chi connectivity index (χ0) is 59.2. The van der Waals surface area contributed by atoms with E-state index in [1.54, 1.807) is 0 Å². The van der Waals surface area contributed by atoms with E-state index in [0.29, 0.717) is 19.3 Å². The lowest BCUT2D eigenvalue weighted by molar-refractivity contribution is -0.166. The van der Waals surface area contributed by atoms with Crippen LogP contribution in [0.1, 0.15) is 310 Å². The van der Waals surface area contributed by atoms with Crippen molar-refractivity contribution in [3.63, 3.8) is 0 Å². The molecule has 0 aromatic heterocycles. The summed E-state index contributed by atoms with van der Waals surface area (Å²) in [5.74, 6) is -0.994. The van der Waals surface area contributed by atoms with Gasteiger partial charge in [-0.15, -0.1) is 0 Å². The number of hydrogen-bond acceptors (Lipinski definition) is 6. The summed E-state index contributed by atoms with van der Waals surface area (Å²) < 4.78 is 16.9. The molecule has 0 fully saturated rings. The fourth-order valence-electron chi connectivity index (χ4n) is 9.38. The Balaban J connectivity index is 4.36. The SMILES string of the molecule is CC/C=C\C/C=C\C/C=C\C/C=C\C/C=C\C/C=C\C/C=C\CCCCCCCCCC(=O)OCC(COC(=O)CC/C=C\C/C=C\C/C=C\C/C=C\CC)OC(=O)CCCCCCCCCCCCCCCCCCCCCCCC. The van der Waals surface area contributed by atoms with Crippen LogP contribution in [0.5, 0.6) is 0 Å². The molecule has 6 heteroatoms. The zero-order valence-corrected chi connectivity index (χ0v) is 53.5. The number of allylic oxidation sites excluding steroid dienone is 22. The molecule has 0 aliphatic heterocycles. The Morgan fingerprint density at radius 2 is 0.500 bits per heavy atom. The minimum absolute atomic E-state index is 0.107. The molecule has 0 aromatic carbocycles. The number of ether oxygens (including phenoxy) is 3. The van der Waals surface area contributed by atoms with Gasteiger partial charge in [-0.05, 0) is 103 Å². The topological polar surface area (TPSA) is 78.9 Å². The Labute approximate surface area is 506 Å². The molecule has 466 valence electrons. The van der Waals surface area contributed by atoms with Gasteiger partial charge in [-0.1, -0.05) is 321 Å². The Bertz CT molecular complexity index is 1730. The van der Waals surface area contributed by atoms with Gasteiger partial charge in [-0.2, -0.15) is 0 Å². The maximum Gasteiger partial charge on any atom is 0.306 e. The van der Waals surface area contributed by atoms with E-state index in [-0.39, 0.29) is 37.5 Å². The summed E-state index contributed by atoms with van der Waals surface area (Å²) in [4.78, 5) is 38.3. The van der Waals surface area contributed by atoms with Crippen LogP contribution in [0.25, 0.3) is 0 Å². The second-order valence-electron chi connectivity index (χ2n) is 22.3. The number of unbranched alkanes of at least 4 members (excludes halogenated alkanes) is 28. The number of esters is 3. The minimum Gasteiger partial charge on any atom is -0.462 e. The summed E-state index contributed by atoms with van der Waals surface area (Å²) >= 11 is 0. The molecule has 0 heterocycles. The Morgan fingerprint density at radius 3 is 0.817 bits per heavy atom. The summed E-state index contributed by atoms with van der Waals surface area (Å²) in [6, 6.07) is 0. The van der Waals surface area contributed by atoms with Crippen LogP contribution in [0.2, 0.25) is 0 Å². The van der Waals surface area contributed by atoms with Crippen molar-refractivity contribution in [1.82, 2.24) is 0 Å². The summed E-state index contributed by atoms with van der Waals surface area (Å²) in [6.07, 6.45) is 97.8. The Hall–Kier alpha value is -4.45. The van der Waals surface area contributed by atoms with Crippen LogP contribution in [0.3, 0.4) is 0 Å². The van der Waals surface area contributed by atoms with Crippen molar-refractivity contribution in [2.75, 3.05) is 13.2 Å². The van der Waals surface area contributed by atoms with Crippen molar-refractivity contribution >= 4 is 17.9 Å². The van der Waals surface area contributed by atoms with E-state index in [1.807, 2.05) is 6.08 Å². The average Bonchev–Trinajstić information content (AvgIpc) is 3.47. The predicted octanol–water partition coefficient (Wildman–Crippen LogP) is 23.7. The van der Waals surface area contributed by atoms with Crippen molar-refractivity contribution in [2.24, 2.45) is 0 Å². The normalized spacial score (nSPS) is 13.0. The first-order valence-electron chi connectivity index (χ1n) is 34.2. The number of rotatable bonds is 61. The van der Waals surface area contributed by atoms with Crippen LogP contribution < -0.4 is 0 Å². The Morgan fingerprint density at radius 1 is 0.256 bits per heavy atom. The first-order valence-corrected chi connectivity index (χ1v) is 34.2. The van der Waals surface area contributed by atoms with Gasteiger partial charge >= 0.3 is 17.9 Å². The van der Waals surface area contributed by atoms with E-state index in [2.05, 4.69) is 148 Å². The van der Waals surface area contributed by atoms with Crippen molar-refractivity contribution in [1.29, 1.82) is 0 Å². The number of carbonyl (C=O) groups excluding carboxylic acids is 3. The predicted molar refractivity (Wildman–Crippen MR) is 357 cm³/mol. The van der Waals surface area contributed by atoms with E-state index in [9.17, 15) is 14.4 Å². The highest BCUT2D eigenvalue weighted by atomic mass is 16.6. The molecular weight excluding hydrogens is 1010 g/mol. The third-order valence-corrected chi connectivity index (χ3v) is 14.4. The van der Waals surface area contributed by atoms with Crippen LogP contribution in [0.4, 0.5) is 0 Å². The third kappa shape index (κ3) is 66.4. The maximum absolute atomic E-state index is 12.9. The average molecular weight is 1140 g/mol. The second-order valence-corrected chi connectivity index (χ2v) is 22.3. The van der Waals surface area contributed by atoms with Crippen LogP contribution >= 0.6 is 0 Å². The molecule has 0 saturated heterocycles. The molecule has 0 aliphatic carbocycles. The van der Waals surface area contributed by atoms with Crippen LogP contribution in [0.15, 0.2) is 134 Å². The molecular formula is C76H126O6. The van der Waals surface area contributed by atoms with Crippen molar-refractivity contribution < 1.29 is 28.6 Å². The van der Waals surface area contributed by atoms with Crippen LogP contribution in [0, 0.1) is 0 Å². The Kier molecular flexibility index (Phi) is 65.3. The quantitative estimate of drug-likeness (QED) is 0.0261. The van der Waals surface area contributed by atoms with Gasteiger partial charge in [0.15, 0.2) is 6.10 Å². The van der Waals surface area contributed by atoms with E-state index in [4.69, 9.17) is 14.2 Å². The van der Waals surface area contributed by atoms with Gasteiger partial charge < -0.3 is 14.2 Å². The molecule has 0 saturated carbocycles. The molecule has 0 N–H and O–H groups in total. The zero-order valence-electron chi connectivity index (χ0n) is 53.5. The van der Waals surface area contributed by atoms with Gasteiger partial charge in [0.1, 0.15) is 13.2 Å². The highest BCUT2D eigenvalue weighted by Gasteiger charge is 2.19.